The minimum Gasteiger partial charge on any atom is -0.504 e. The maximum absolute atomic E-state index is 4.98. The minimum absolute atomic E-state index is 1.12. The van der Waals surface area contributed by atoms with E-state index in [0.717, 1.165) is 6.42 Å². The molecule has 1 heteroatoms. The van der Waals surface area contributed by atoms with E-state index in [0.29, 0.717) is 0 Å². The minimum atomic E-state index is 1.12. The summed E-state index contributed by atoms with van der Waals surface area (Å²) in [5.41, 5.74) is 2.62. The summed E-state index contributed by atoms with van der Waals surface area (Å²) < 4.78 is 4.98. The smallest absolute Gasteiger partial charge is 0.0830 e. The Labute approximate surface area is 103 Å². The van der Waals surface area contributed by atoms with Gasteiger partial charge in [0.1, 0.15) is 0 Å². The van der Waals surface area contributed by atoms with Crippen LogP contribution >= 0.6 is 0 Å². The predicted molar refractivity (Wildman–Crippen MR) is 74.0 cm³/mol. The number of ether oxygens (including phenoxy) is 1. The SMILES string of the molecule is CCCc1cc(/C=C/OC)cc2ccccc12. The van der Waals surface area contributed by atoms with E-state index in [1.54, 1.807) is 13.4 Å². The van der Waals surface area contributed by atoms with Gasteiger partial charge in [0.05, 0.1) is 13.4 Å². The number of hydrogen-bond acceptors (Lipinski definition) is 1. The first-order valence-corrected chi connectivity index (χ1v) is 6.06. The van der Waals surface area contributed by atoms with Crippen molar-refractivity contribution in [2.45, 2.75) is 19.8 Å². The van der Waals surface area contributed by atoms with Crippen LogP contribution in [0.15, 0.2) is 42.7 Å². The third kappa shape index (κ3) is 2.68. The summed E-state index contributed by atoms with van der Waals surface area (Å²) in [6, 6.07) is 13.0. The number of hydrogen-bond donors (Lipinski definition) is 0. The summed E-state index contributed by atoms with van der Waals surface area (Å²) in [7, 11) is 1.67. The zero-order valence-corrected chi connectivity index (χ0v) is 10.4. The fourth-order valence-electron chi connectivity index (χ4n) is 2.13. The van der Waals surface area contributed by atoms with Crippen LogP contribution in [0.1, 0.15) is 24.5 Å². The van der Waals surface area contributed by atoms with Crippen LogP contribution in [0.3, 0.4) is 0 Å². The molecule has 0 fully saturated rings. The molecule has 0 atom stereocenters. The van der Waals surface area contributed by atoms with Gasteiger partial charge in [-0.25, -0.2) is 0 Å². The van der Waals surface area contributed by atoms with Gasteiger partial charge >= 0.3 is 0 Å². The van der Waals surface area contributed by atoms with Crippen LogP contribution in [0.5, 0.6) is 0 Å². The van der Waals surface area contributed by atoms with E-state index in [-0.39, 0.29) is 0 Å². The first-order valence-electron chi connectivity index (χ1n) is 6.06. The lowest BCUT2D eigenvalue weighted by atomic mass is 9.98. The van der Waals surface area contributed by atoms with Crippen molar-refractivity contribution in [3.8, 4) is 0 Å². The molecule has 1 nitrogen and oxygen atoms in total. The van der Waals surface area contributed by atoms with Crippen molar-refractivity contribution >= 4 is 16.8 Å². The van der Waals surface area contributed by atoms with E-state index in [4.69, 9.17) is 4.74 Å². The molecular formula is C16H18O. The standard InChI is InChI=1S/C16H18O/c1-3-6-14-11-13(9-10-17-2)12-15-7-4-5-8-16(14)15/h4-5,7-12H,3,6H2,1-2H3/b10-9+. The fourth-order valence-corrected chi connectivity index (χ4v) is 2.13. The Hall–Kier alpha value is -1.76. The number of rotatable bonds is 4. The molecule has 0 bridgehead atoms. The molecule has 0 unspecified atom stereocenters. The van der Waals surface area contributed by atoms with Gasteiger partial charge in [-0.1, -0.05) is 43.7 Å². The Morgan fingerprint density at radius 2 is 2.00 bits per heavy atom. The molecule has 2 rings (SSSR count). The van der Waals surface area contributed by atoms with Crippen LogP contribution in [-0.4, -0.2) is 7.11 Å². The van der Waals surface area contributed by atoms with Crippen LogP contribution in [0, 0.1) is 0 Å². The first kappa shape index (κ1) is 11.7. The molecule has 0 aliphatic heterocycles. The van der Waals surface area contributed by atoms with Crippen LogP contribution in [0.4, 0.5) is 0 Å². The Morgan fingerprint density at radius 1 is 1.18 bits per heavy atom. The van der Waals surface area contributed by atoms with Crippen LogP contribution in [-0.2, 0) is 11.2 Å². The first-order chi connectivity index (χ1) is 8.35. The zero-order chi connectivity index (χ0) is 12.1. The highest BCUT2D eigenvalue weighted by atomic mass is 16.5. The number of fused-ring (bicyclic) bond motifs is 1. The average molecular weight is 226 g/mol. The average Bonchev–Trinajstić information content (AvgIpc) is 2.37. The molecule has 0 aliphatic rings. The molecule has 0 heterocycles. The van der Waals surface area contributed by atoms with Crippen molar-refractivity contribution in [1.82, 2.24) is 0 Å². The number of methoxy groups -OCH3 is 1. The molecule has 0 spiro atoms. The van der Waals surface area contributed by atoms with E-state index in [1.807, 2.05) is 6.08 Å². The normalized spacial score (nSPS) is 11.2. The summed E-state index contributed by atoms with van der Waals surface area (Å²) >= 11 is 0. The molecule has 0 radical (unpaired) electrons. The second kappa shape index (κ2) is 5.53. The van der Waals surface area contributed by atoms with E-state index >= 15 is 0 Å². The van der Waals surface area contributed by atoms with Crippen molar-refractivity contribution in [1.29, 1.82) is 0 Å². The largest absolute Gasteiger partial charge is 0.504 e. The molecular weight excluding hydrogens is 208 g/mol. The maximum atomic E-state index is 4.98. The lowest BCUT2D eigenvalue weighted by molar-refractivity contribution is 0.341. The quantitative estimate of drug-likeness (QED) is 0.702. The van der Waals surface area contributed by atoms with Gasteiger partial charge in [-0.3, -0.25) is 0 Å². The van der Waals surface area contributed by atoms with Gasteiger partial charge in [0, 0.05) is 0 Å². The van der Waals surface area contributed by atoms with Gasteiger partial charge in [0.15, 0.2) is 0 Å². The summed E-state index contributed by atoms with van der Waals surface area (Å²) in [6.07, 6.45) is 6.02. The number of benzene rings is 2. The van der Waals surface area contributed by atoms with Gasteiger partial charge < -0.3 is 4.74 Å². The molecule has 17 heavy (non-hydrogen) atoms. The van der Waals surface area contributed by atoms with E-state index in [2.05, 4.69) is 43.3 Å². The molecule has 88 valence electrons. The van der Waals surface area contributed by atoms with Crippen LogP contribution < -0.4 is 0 Å². The predicted octanol–water partition coefficient (Wildman–Crippen LogP) is 4.41. The summed E-state index contributed by atoms with van der Waals surface area (Å²) in [5, 5.41) is 2.66. The summed E-state index contributed by atoms with van der Waals surface area (Å²) in [4.78, 5) is 0. The third-order valence-corrected chi connectivity index (χ3v) is 2.89. The van der Waals surface area contributed by atoms with E-state index < -0.39 is 0 Å². The lowest BCUT2D eigenvalue weighted by Gasteiger charge is -2.07. The van der Waals surface area contributed by atoms with Crippen molar-refractivity contribution in [3.05, 3.63) is 53.8 Å². The highest BCUT2D eigenvalue weighted by Gasteiger charge is 2.01. The Balaban J connectivity index is 2.54. The number of aryl methyl sites for hydroxylation is 1. The maximum Gasteiger partial charge on any atom is 0.0830 e. The lowest BCUT2D eigenvalue weighted by Crippen LogP contribution is -1.88. The second-order valence-electron chi connectivity index (χ2n) is 4.19. The van der Waals surface area contributed by atoms with E-state index in [9.17, 15) is 0 Å². The van der Waals surface area contributed by atoms with Gasteiger partial charge in [-0.2, -0.15) is 0 Å². The molecule has 0 N–H and O–H groups in total. The highest BCUT2D eigenvalue weighted by Crippen LogP contribution is 2.23. The second-order valence-corrected chi connectivity index (χ2v) is 4.19. The monoisotopic (exact) mass is 226 g/mol. The van der Waals surface area contributed by atoms with Gasteiger partial charge in [-0.15, -0.1) is 0 Å². The van der Waals surface area contributed by atoms with Crippen molar-refractivity contribution in [2.75, 3.05) is 7.11 Å². The van der Waals surface area contributed by atoms with Gasteiger partial charge in [-0.05, 0) is 40.5 Å². The Morgan fingerprint density at radius 3 is 2.76 bits per heavy atom. The molecule has 0 amide bonds. The molecule has 0 saturated heterocycles. The molecule has 0 saturated carbocycles. The molecule has 2 aromatic carbocycles. The molecule has 0 aliphatic carbocycles. The zero-order valence-electron chi connectivity index (χ0n) is 10.4. The fraction of sp³-hybridized carbons (Fsp3) is 0.250. The Kier molecular flexibility index (Phi) is 3.81. The summed E-state index contributed by atoms with van der Waals surface area (Å²) in [5.74, 6) is 0. The van der Waals surface area contributed by atoms with Crippen molar-refractivity contribution < 1.29 is 4.74 Å². The van der Waals surface area contributed by atoms with Crippen LogP contribution in [0.25, 0.3) is 16.8 Å². The molecule has 2 aromatic rings. The van der Waals surface area contributed by atoms with Gasteiger partial charge in [0.2, 0.25) is 0 Å². The van der Waals surface area contributed by atoms with E-state index in [1.165, 1.54) is 28.3 Å². The Bertz CT molecular complexity index is 526. The van der Waals surface area contributed by atoms with Crippen molar-refractivity contribution in [3.63, 3.8) is 0 Å². The van der Waals surface area contributed by atoms with Crippen molar-refractivity contribution in [2.24, 2.45) is 0 Å². The summed E-state index contributed by atoms with van der Waals surface area (Å²) in [6.45, 7) is 2.21. The highest BCUT2D eigenvalue weighted by molar-refractivity contribution is 5.88. The third-order valence-electron chi connectivity index (χ3n) is 2.89. The molecule has 0 aromatic heterocycles. The topological polar surface area (TPSA) is 9.23 Å². The van der Waals surface area contributed by atoms with Crippen LogP contribution in [0.2, 0.25) is 0 Å². The van der Waals surface area contributed by atoms with Gasteiger partial charge in [0.25, 0.3) is 0 Å².